The molecule has 0 saturated carbocycles. The van der Waals surface area contributed by atoms with E-state index in [4.69, 9.17) is 25.8 Å². The van der Waals surface area contributed by atoms with Crippen LogP contribution in [0.25, 0.3) is 0 Å². The van der Waals surface area contributed by atoms with Gasteiger partial charge in [0.25, 0.3) is 11.1 Å². The van der Waals surface area contributed by atoms with Crippen LogP contribution in [0.1, 0.15) is 24.2 Å². The van der Waals surface area contributed by atoms with Crippen molar-refractivity contribution in [1.82, 2.24) is 0 Å². The third-order valence-electron chi connectivity index (χ3n) is 5.73. The summed E-state index contributed by atoms with van der Waals surface area (Å²) in [5, 5.41) is -1.12. The zero-order valence-corrected chi connectivity index (χ0v) is 26.1. The molecule has 0 bridgehead atoms. The van der Waals surface area contributed by atoms with E-state index in [1.54, 1.807) is 0 Å². The number of methoxy groups -OCH3 is 2. The first-order valence-corrected chi connectivity index (χ1v) is 13.3. The second kappa shape index (κ2) is 16.3. The predicted octanol–water partition coefficient (Wildman–Crippen LogP) is 7.20. The fourth-order valence-electron chi connectivity index (χ4n) is 3.09. The van der Waals surface area contributed by atoms with Crippen LogP contribution in [-0.2, 0) is 28.4 Å². The normalized spacial score (nSPS) is 18.2. The lowest BCUT2D eigenvalue weighted by Gasteiger charge is -2.37. The van der Waals surface area contributed by atoms with Crippen molar-refractivity contribution in [3.63, 3.8) is 0 Å². The van der Waals surface area contributed by atoms with Crippen molar-refractivity contribution in [3.05, 3.63) is 23.8 Å². The number of ether oxygens (including phenoxy) is 8. The van der Waals surface area contributed by atoms with Crippen molar-refractivity contribution in [2.45, 2.75) is 61.8 Å². The Labute approximate surface area is 272 Å². The molecule has 1 aromatic carbocycles. The summed E-state index contributed by atoms with van der Waals surface area (Å²) in [5.74, 6) is -19.4. The highest BCUT2D eigenvalue weighted by molar-refractivity contribution is 6.67. The maximum atomic E-state index is 14.4. The quantitative estimate of drug-likeness (QED) is 0.0732. The van der Waals surface area contributed by atoms with Crippen LogP contribution in [0.5, 0.6) is 11.5 Å². The van der Waals surface area contributed by atoms with Gasteiger partial charge in [-0.1, -0.05) is 0 Å². The molecule has 0 amide bonds. The molecule has 0 fully saturated rings. The molecule has 0 aromatic heterocycles. The Morgan fingerprint density at radius 2 is 1.10 bits per heavy atom. The van der Waals surface area contributed by atoms with Crippen LogP contribution in [0.15, 0.2) is 18.2 Å². The van der Waals surface area contributed by atoms with Crippen LogP contribution in [0, 0.1) is 0 Å². The highest BCUT2D eigenvalue weighted by Crippen LogP contribution is 2.50. The predicted molar refractivity (Wildman–Crippen MR) is 134 cm³/mol. The van der Waals surface area contributed by atoms with Gasteiger partial charge >= 0.3 is 36.3 Å². The van der Waals surface area contributed by atoms with Crippen LogP contribution in [0.4, 0.5) is 61.5 Å². The minimum absolute atomic E-state index is 0.238. The molecule has 0 spiro atoms. The number of rotatable bonds is 21. The Balaban J connectivity index is 2.82. The van der Waals surface area contributed by atoms with E-state index in [2.05, 4.69) is 23.7 Å². The highest BCUT2D eigenvalue weighted by atomic mass is 35.5. The third-order valence-corrected chi connectivity index (χ3v) is 5.94. The number of benzene rings is 1. The molecule has 0 aliphatic heterocycles. The van der Waals surface area contributed by atoms with Crippen LogP contribution in [-0.4, -0.2) is 107 Å². The van der Waals surface area contributed by atoms with E-state index in [1.807, 2.05) is 0 Å². The molecule has 0 N–H and O–H groups in total. The first-order valence-electron chi connectivity index (χ1n) is 12.9. The lowest BCUT2D eigenvalue weighted by atomic mass is 10.2. The molecule has 0 heterocycles. The van der Waals surface area contributed by atoms with Gasteiger partial charge in [-0.2, -0.15) is 52.7 Å². The van der Waals surface area contributed by atoms with Gasteiger partial charge in [0, 0.05) is 32.8 Å². The van der Waals surface area contributed by atoms with E-state index < -0.39 is 92.9 Å². The summed E-state index contributed by atoms with van der Waals surface area (Å²) in [4.78, 5) is 11.6. The molecule has 24 heteroatoms. The third kappa shape index (κ3) is 11.8. The number of hydrogen-bond donors (Lipinski definition) is 0. The molecule has 0 aliphatic carbocycles. The Hall–Kier alpha value is -2.44. The topological polar surface area (TPSA) is 90.9 Å². The fourth-order valence-corrected chi connectivity index (χ4v) is 3.20. The molecule has 4 atom stereocenters. The Morgan fingerprint density at radius 3 is 1.49 bits per heavy atom. The second-order valence-electron chi connectivity index (χ2n) is 9.75. The van der Waals surface area contributed by atoms with E-state index in [9.17, 15) is 66.3 Å². The first kappa shape index (κ1) is 44.6. The molecular formula is C25H27ClF14O9. The van der Waals surface area contributed by atoms with E-state index in [1.165, 1.54) is 0 Å². The average Bonchev–Trinajstić information content (AvgIpc) is 2.93. The lowest BCUT2D eigenvalue weighted by Crippen LogP contribution is -2.63. The van der Waals surface area contributed by atoms with Crippen molar-refractivity contribution in [3.8, 4) is 11.5 Å². The van der Waals surface area contributed by atoms with Crippen LogP contribution < -0.4 is 9.47 Å². The van der Waals surface area contributed by atoms with Crippen molar-refractivity contribution >= 4 is 16.8 Å². The molecule has 0 saturated heterocycles. The SMILES string of the molecule is COC(C)(F)C(F)(F)OC(C)(F)COCCOc1cc(OCCOCC(F)(OC(F)(F)C(F)(OC)C(F)(F)F)C(F)(F)F)cc(C(=O)Cl)c1. The summed E-state index contributed by atoms with van der Waals surface area (Å²) >= 11 is 5.40. The Kier molecular flexibility index (Phi) is 14.8. The number of hydrogen-bond acceptors (Lipinski definition) is 9. The van der Waals surface area contributed by atoms with E-state index in [0.29, 0.717) is 14.0 Å². The van der Waals surface area contributed by atoms with E-state index in [-0.39, 0.29) is 31.1 Å². The van der Waals surface area contributed by atoms with Gasteiger partial charge in [-0.05, 0) is 30.7 Å². The van der Waals surface area contributed by atoms with Gasteiger partial charge in [0.05, 0.1) is 13.2 Å². The minimum atomic E-state index is -6.68. The van der Waals surface area contributed by atoms with Gasteiger partial charge in [0.1, 0.15) is 37.9 Å². The zero-order chi connectivity index (χ0) is 38.3. The van der Waals surface area contributed by atoms with Gasteiger partial charge in [-0.15, -0.1) is 0 Å². The van der Waals surface area contributed by atoms with Crippen molar-refractivity contribution < 1.29 is 104 Å². The van der Waals surface area contributed by atoms with Crippen molar-refractivity contribution in [1.29, 1.82) is 0 Å². The Bertz CT molecular complexity index is 1230. The van der Waals surface area contributed by atoms with Crippen molar-refractivity contribution in [2.75, 3.05) is 53.9 Å². The van der Waals surface area contributed by atoms with E-state index >= 15 is 0 Å². The monoisotopic (exact) mass is 772 g/mol. The summed E-state index contributed by atoms with van der Waals surface area (Å²) < 4.78 is 222. The molecule has 286 valence electrons. The molecule has 0 radical (unpaired) electrons. The molecule has 49 heavy (non-hydrogen) atoms. The summed E-state index contributed by atoms with van der Waals surface area (Å²) in [6.07, 6.45) is -24.5. The van der Waals surface area contributed by atoms with Gasteiger partial charge in [-0.3, -0.25) is 14.3 Å². The first-order chi connectivity index (χ1) is 22.0. The maximum Gasteiger partial charge on any atom is 0.457 e. The smallest absolute Gasteiger partial charge is 0.457 e. The summed E-state index contributed by atoms with van der Waals surface area (Å²) in [6.45, 7) is -5.92. The van der Waals surface area contributed by atoms with Crippen LogP contribution >= 0.6 is 11.6 Å². The number of halogens is 15. The molecule has 1 aromatic rings. The molecule has 9 nitrogen and oxygen atoms in total. The zero-order valence-electron chi connectivity index (χ0n) is 25.3. The number of carbonyl (C=O) groups excluding carboxylic acids is 1. The summed E-state index contributed by atoms with van der Waals surface area (Å²) in [5.41, 5.74) is -0.330. The Morgan fingerprint density at radius 1 is 0.633 bits per heavy atom. The van der Waals surface area contributed by atoms with Gasteiger partial charge in [0.15, 0.2) is 0 Å². The lowest BCUT2D eigenvalue weighted by molar-refractivity contribution is -0.503. The summed E-state index contributed by atoms with van der Waals surface area (Å²) in [7, 11) is 0.297. The van der Waals surface area contributed by atoms with Gasteiger partial charge < -0.3 is 28.4 Å². The van der Waals surface area contributed by atoms with Crippen molar-refractivity contribution in [2.24, 2.45) is 0 Å². The largest absolute Gasteiger partial charge is 0.491 e. The highest BCUT2D eigenvalue weighted by Gasteiger charge is 2.78. The number of carbonyl (C=O) groups is 1. The average molecular weight is 773 g/mol. The summed E-state index contributed by atoms with van der Waals surface area (Å²) in [6, 6.07) is 2.95. The van der Waals surface area contributed by atoms with Crippen LogP contribution in [0.2, 0.25) is 0 Å². The minimum Gasteiger partial charge on any atom is -0.491 e. The van der Waals surface area contributed by atoms with E-state index in [0.717, 1.165) is 18.2 Å². The fraction of sp³-hybridized carbons (Fsp3) is 0.720. The van der Waals surface area contributed by atoms with Gasteiger partial charge in [-0.25, -0.2) is 8.78 Å². The number of alkyl halides is 14. The van der Waals surface area contributed by atoms with Crippen LogP contribution in [0.3, 0.4) is 0 Å². The molecule has 0 aliphatic rings. The molecular weight excluding hydrogens is 746 g/mol. The second-order valence-corrected chi connectivity index (χ2v) is 10.1. The molecule has 1 rings (SSSR count). The van der Waals surface area contributed by atoms with Gasteiger partial charge in [0.2, 0.25) is 5.85 Å². The standard InChI is InChI=1S/C25H27ClF14O9/c1-18(27,48-24(37,38)19(2,28)42-3)12-44-5-7-46-15-9-14(17(26)41)10-16(11-15)47-8-6-45-13-20(29,22(31,32)33)49-25(39,40)21(30,43-4)23(34,35)36/h9-11H,5-8,12-13H2,1-4H3. The molecule has 4 unspecified atom stereocenters. The maximum absolute atomic E-state index is 14.4.